The van der Waals surface area contributed by atoms with E-state index in [0.29, 0.717) is 0 Å². The van der Waals surface area contributed by atoms with Gasteiger partial charge < -0.3 is 4.98 Å². The third kappa shape index (κ3) is 4.63. The zero-order valence-corrected chi connectivity index (χ0v) is 10.5. The van der Waals surface area contributed by atoms with Crippen LogP contribution in [-0.4, -0.2) is 15.3 Å². The second kappa shape index (κ2) is 7.33. The van der Waals surface area contributed by atoms with Crippen LogP contribution in [0.25, 0.3) is 0 Å². The van der Waals surface area contributed by atoms with Crippen LogP contribution >= 0.6 is 0 Å². The molecular weight excluding hydrogens is 174 g/mol. The zero-order chi connectivity index (χ0) is 10.2. The van der Waals surface area contributed by atoms with Gasteiger partial charge in [0.1, 0.15) is 8.24 Å². The van der Waals surface area contributed by atoms with Gasteiger partial charge in [-0.25, -0.2) is 0 Å². The van der Waals surface area contributed by atoms with Gasteiger partial charge in [0.2, 0.25) is 0 Å². The lowest BCUT2D eigenvalue weighted by molar-refractivity contribution is 0.814. The average Bonchev–Trinajstić information content (AvgIpc) is 2.20. The molecule has 0 saturated heterocycles. The molecule has 13 heavy (non-hydrogen) atoms. The molecule has 0 rings (SSSR count). The normalized spacial score (nSPS) is 11.6. The van der Waals surface area contributed by atoms with E-state index in [0.717, 1.165) is 0 Å². The summed E-state index contributed by atoms with van der Waals surface area (Å²) >= 11 is 0. The molecule has 0 bridgehead atoms. The Morgan fingerprint density at radius 1 is 1.15 bits per heavy atom. The van der Waals surface area contributed by atoms with Crippen molar-refractivity contribution < 1.29 is 0 Å². The molecule has 0 aromatic carbocycles. The lowest BCUT2D eigenvalue weighted by atomic mass is 10.4. The molecule has 0 heterocycles. The summed E-state index contributed by atoms with van der Waals surface area (Å²) in [5.74, 6) is 0. The highest BCUT2D eigenvalue weighted by Gasteiger charge is 2.25. The van der Waals surface area contributed by atoms with Crippen molar-refractivity contribution in [2.24, 2.45) is 0 Å². The molecule has 0 atom stereocenters. The Hall–Kier alpha value is -0.0831. The van der Waals surface area contributed by atoms with Gasteiger partial charge in [-0.05, 0) is 19.1 Å². The summed E-state index contributed by atoms with van der Waals surface area (Å²) in [6, 6.07) is 2.73. The molecule has 0 saturated carbocycles. The smallest absolute Gasteiger partial charge is 0.149 e. The molecule has 1 nitrogen and oxygen atoms in total. The fraction of sp³-hybridized carbons (Fsp3) is 0.818. The highest BCUT2D eigenvalue weighted by molar-refractivity contribution is 6.82. The van der Waals surface area contributed by atoms with Crippen molar-refractivity contribution in [1.29, 1.82) is 0 Å². The van der Waals surface area contributed by atoms with Crippen molar-refractivity contribution in [3.05, 3.63) is 12.3 Å². The maximum Gasteiger partial charge on any atom is 0.149 e. The van der Waals surface area contributed by atoms with Gasteiger partial charge in [0, 0.05) is 0 Å². The molecule has 2 heteroatoms. The lowest BCUT2D eigenvalue weighted by Gasteiger charge is -2.27. The average molecular weight is 199 g/mol. The largest absolute Gasteiger partial charge is 0.337 e. The first kappa shape index (κ1) is 12.9. The Morgan fingerprint density at radius 3 is 1.85 bits per heavy atom. The number of hydrogen-bond acceptors (Lipinski definition) is 1. The second-order valence-corrected chi connectivity index (χ2v) is 8.04. The van der Waals surface area contributed by atoms with Gasteiger partial charge in [-0.15, -0.1) is 6.58 Å². The van der Waals surface area contributed by atoms with Crippen molar-refractivity contribution in [3.63, 3.8) is 0 Å². The molecule has 0 aliphatic carbocycles. The highest BCUT2D eigenvalue weighted by atomic mass is 28.3. The Labute approximate surface area is 84.7 Å². The fourth-order valence-electron chi connectivity index (χ4n) is 1.67. The summed E-state index contributed by atoms with van der Waals surface area (Å²) < 4.78 is 0. The number of unbranched alkanes of at least 4 members (excludes halogenated alkanes) is 2. The summed E-state index contributed by atoms with van der Waals surface area (Å²) in [4.78, 5) is 3.56. The van der Waals surface area contributed by atoms with Gasteiger partial charge in [0.25, 0.3) is 0 Å². The minimum Gasteiger partial charge on any atom is -0.337 e. The fourth-order valence-corrected chi connectivity index (χ4v) is 5.00. The quantitative estimate of drug-likeness (QED) is 0.590. The van der Waals surface area contributed by atoms with Crippen LogP contribution in [0, 0.1) is 0 Å². The van der Waals surface area contributed by atoms with Gasteiger partial charge in [-0.2, -0.15) is 0 Å². The summed E-state index contributed by atoms with van der Waals surface area (Å²) in [7, 11) is 0.839. The summed E-state index contributed by atoms with van der Waals surface area (Å²) in [5.41, 5.74) is 2.23. The Balaban J connectivity index is 4.04. The molecule has 0 fully saturated rings. The Kier molecular flexibility index (Phi) is 7.29. The summed E-state index contributed by atoms with van der Waals surface area (Å²) in [5, 5.41) is 0. The number of nitrogens with one attached hydrogen (secondary N) is 1. The van der Waals surface area contributed by atoms with Crippen molar-refractivity contribution in [2.45, 2.75) is 51.6 Å². The maximum absolute atomic E-state index is 4.01. The predicted molar refractivity (Wildman–Crippen MR) is 64.4 cm³/mol. The lowest BCUT2D eigenvalue weighted by Crippen LogP contribution is -2.46. The van der Waals surface area contributed by atoms with E-state index in [-0.39, 0.29) is 0 Å². The first-order valence-electron chi connectivity index (χ1n) is 5.57. The minimum absolute atomic E-state index is 1.27. The van der Waals surface area contributed by atoms with Crippen molar-refractivity contribution in [1.82, 2.24) is 4.98 Å². The second-order valence-electron chi connectivity index (χ2n) is 3.82. The number of rotatable bonds is 8. The first-order valence-corrected chi connectivity index (χ1v) is 8.06. The van der Waals surface area contributed by atoms with E-state index in [1.165, 1.54) is 37.8 Å². The Morgan fingerprint density at radius 2 is 1.62 bits per heavy atom. The molecule has 0 spiro atoms. The molecule has 0 aromatic rings. The molecule has 78 valence electrons. The van der Waals surface area contributed by atoms with Crippen LogP contribution in [0.15, 0.2) is 12.3 Å². The van der Waals surface area contributed by atoms with E-state index in [1.807, 2.05) is 0 Å². The molecule has 0 aliphatic rings. The van der Waals surface area contributed by atoms with Gasteiger partial charge in [0.15, 0.2) is 0 Å². The zero-order valence-electron chi connectivity index (χ0n) is 9.53. The first-order chi connectivity index (χ1) is 6.24. The van der Waals surface area contributed by atoms with Crippen LogP contribution in [0.4, 0.5) is 0 Å². The van der Waals surface area contributed by atoms with Crippen molar-refractivity contribution in [2.75, 3.05) is 7.05 Å². The minimum atomic E-state index is -1.27. The van der Waals surface area contributed by atoms with Gasteiger partial charge in [-0.1, -0.05) is 45.2 Å². The molecule has 0 unspecified atom stereocenters. The SMILES string of the molecule is C=C[Si](CCCC)(CCCC)NC. The van der Waals surface area contributed by atoms with E-state index >= 15 is 0 Å². The van der Waals surface area contributed by atoms with Crippen LogP contribution < -0.4 is 4.98 Å². The standard InChI is InChI=1S/C11H25NSi/c1-5-8-10-13(7-3,12-4)11-9-6-2/h7,12H,3,5-6,8-11H2,1-2,4H3. The van der Waals surface area contributed by atoms with E-state index in [2.05, 4.69) is 38.2 Å². The van der Waals surface area contributed by atoms with Crippen LogP contribution in [-0.2, 0) is 0 Å². The van der Waals surface area contributed by atoms with Gasteiger partial charge in [-0.3, -0.25) is 0 Å². The van der Waals surface area contributed by atoms with Crippen LogP contribution in [0.3, 0.4) is 0 Å². The maximum atomic E-state index is 4.01. The van der Waals surface area contributed by atoms with E-state index < -0.39 is 8.24 Å². The van der Waals surface area contributed by atoms with Crippen molar-refractivity contribution >= 4 is 8.24 Å². The van der Waals surface area contributed by atoms with Crippen LogP contribution in [0.1, 0.15) is 39.5 Å². The highest BCUT2D eigenvalue weighted by Crippen LogP contribution is 2.19. The molecule has 0 aliphatic heterocycles. The van der Waals surface area contributed by atoms with Gasteiger partial charge >= 0.3 is 0 Å². The topological polar surface area (TPSA) is 12.0 Å². The molecule has 1 N–H and O–H groups in total. The Bertz CT molecular complexity index is 126. The van der Waals surface area contributed by atoms with E-state index in [4.69, 9.17) is 0 Å². The van der Waals surface area contributed by atoms with Crippen LogP contribution in [0.2, 0.25) is 12.1 Å². The van der Waals surface area contributed by atoms with Crippen LogP contribution in [0.5, 0.6) is 0 Å². The summed E-state index contributed by atoms with van der Waals surface area (Å²) in [6.07, 6.45) is 5.30. The molecule has 0 radical (unpaired) electrons. The van der Waals surface area contributed by atoms with Crippen molar-refractivity contribution in [3.8, 4) is 0 Å². The molecular formula is C11H25NSi. The third-order valence-electron chi connectivity index (χ3n) is 2.84. The molecule has 0 aromatic heterocycles. The van der Waals surface area contributed by atoms with E-state index in [9.17, 15) is 0 Å². The third-order valence-corrected chi connectivity index (χ3v) is 7.11. The predicted octanol–water partition coefficient (Wildman–Crippen LogP) is 3.48. The number of hydrogen-bond donors (Lipinski definition) is 1. The van der Waals surface area contributed by atoms with Gasteiger partial charge in [0.05, 0.1) is 0 Å². The monoisotopic (exact) mass is 199 g/mol. The summed E-state index contributed by atoms with van der Waals surface area (Å²) in [6.45, 7) is 8.53. The molecule has 0 amide bonds. The van der Waals surface area contributed by atoms with E-state index in [1.54, 1.807) is 0 Å².